The Kier molecular flexibility index (Phi) is 3.46. The topological polar surface area (TPSA) is 63.5 Å². The quantitative estimate of drug-likeness (QED) is 0.849. The molecule has 1 aliphatic heterocycles. The first kappa shape index (κ1) is 14.1. The maximum Gasteiger partial charge on any atom is 0.137 e. The third kappa shape index (κ3) is 2.66. The van der Waals surface area contributed by atoms with E-state index in [0.717, 1.165) is 12.1 Å². The minimum absolute atomic E-state index is 0.0105. The molecule has 21 heavy (non-hydrogen) atoms. The molecule has 5 nitrogen and oxygen atoms in total. The number of ether oxygens (including phenoxy) is 1. The molecule has 1 saturated heterocycles. The van der Waals surface area contributed by atoms with Gasteiger partial charge in [-0.1, -0.05) is 13.0 Å². The molecule has 3 rings (SSSR count). The van der Waals surface area contributed by atoms with Crippen molar-refractivity contribution >= 4 is 0 Å². The van der Waals surface area contributed by atoms with Crippen LogP contribution in [-0.4, -0.2) is 32.6 Å². The Labute approximate surface area is 120 Å². The van der Waals surface area contributed by atoms with E-state index in [2.05, 4.69) is 10.1 Å². The van der Waals surface area contributed by atoms with Crippen LogP contribution in [0.4, 0.5) is 8.78 Å². The lowest BCUT2D eigenvalue weighted by Crippen LogP contribution is -2.41. The summed E-state index contributed by atoms with van der Waals surface area (Å²) in [6.07, 6.45) is 2.62. The number of aromatic nitrogens is 3. The maximum atomic E-state index is 14.1. The van der Waals surface area contributed by atoms with Gasteiger partial charge in [-0.15, -0.1) is 0 Å². The summed E-state index contributed by atoms with van der Waals surface area (Å²) in [6.45, 7) is 2.30. The highest BCUT2D eigenvalue weighted by Crippen LogP contribution is 2.39. The first-order valence-corrected chi connectivity index (χ1v) is 6.62. The largest absolute Gasteiger partial charge is 0.383 e. The highest BCUT2D eigenvalue weighted by Gasteiger charge is 2.47. The number of rotatable bonds is 5. The maximum absolute atomic E-state index is 14.1. The van der Waals surface area contributed by atoms with Gasteiger partial charge in [-0.05, 0) is 6.07 Å². The van der Waals surface area contributed by atoms with Crippen molar-refractivity contribution in [3.05, 3.63) is 48.1 Å². The molecule has 7 heteroatoms. The van der Waals surface area contributed by atoms with Crippen LogP contribution < -0.4 is 0 Å². The summed E-state index contributed by atoms with van der Waals surface area (Å²) < 4.78 is 33.9. The molecule has 0 bridgehead atoms. The minimum atomic E-state index is -1.56. The molecule has 0 amide bonds. The van der Waals surface area contributed by atoms with Gasteiger partial charge in [0.2, 0.25) is 0 Å². The van der Waals surface area contributed by atoms with Gasteiger partial charge in [-0.3, -0.25) is 0 Å². The van der Waals surface area contributed by atoms with Crippen LogP contribution in [-0.2, 0) is 16.9 Å². The van der Waals surface area contributed by atoms with Crippen molar-refractivity contribution in [3.8, 4) is 0 Å². The summed E-state index contributed by atoms with van der Waals surface area (Å²) in [6, 6.07) is 3.16. The van der Waals surface area contributed by atoms with Gasteiger partial charge in [0.25, 0.3) is 0 Å². The monoisotopic (exact) mass is 295 g/mol. The summed E-state index contributed by atoms with van der Waals surface area (Å²) in [5.41, 5.74) is -1.53. The van der Waals surface area contributed by atoms with Gasteiger partial charge in [0.05, 0.1) is 19.3 Å². The second-order valence-corrected chi connectivity index (χ2v) is 5.30. The predicted octanol–water partition coefficient (Wildman–Crippen LogP) is 1.48. The van der Waals surface area contributed by atoms with Gasteiger partial charge < -0.3 is 9.84 Å². The second kappa shape index (κ2) is 5.16. The molecule has 2 aromatic rings. The minimum Gasteiger partial charge on any atom is -0.383 e. The number of hydrogen-bond donors (Lipinski definition) is 1. The molecule has 1 N–H and O–H groups in total. The molecular formula is C14H15F2N3O2. The van der Waals surface area contributed by atoms with Crippen molar-refractivity contribution in [2.24, 2.45) is 5.92 Å². The van der Waals surface area contributed by atoms with E-state index in [1.807, 2.05) is 0 Å². The van der Waals surface area contributed by atoms with Crippen molar-refractivity contribution in [1.29, 1.82) is 0 Å². The normalized spacial score (nSPS) is 21.8. The molecule has 0 aliphatic carbocycles. The summed E-state index contributed by atoms with van der Waals surface area (Å²) in [5.74, 6) is -1.85. The van der Waals surface area contributed by atoms with E-state index < -0.39 is 17.2 Å². The lowest BCUT2D eigenvalue weighted by Gasteiger charge is -2.34. The van der Waals surface area contributed by atoms with Gasteiger partial charge in [0.15, 0.2) is 0 Å². The van der Waals surface area contributed by atoms with Crippen LogP contribution in [0.3, 0.4) is 0 Å². The first-order valence-electron chi connectivity index (χ1n) is 6.62. The Morgan fingerprint density at radius 2 is 2.29 bits per heavy atom. The molecule has 0 saturated carbocycles. The van der Waals surface area contributed by atoms with Crippen LogP contribution in [0.5, 0.6) is 0 Å². The van der Waals surface area contributed by atoms with Crippen LogP contribution in [0, 0.1) is 17.6 Å². The van der Waals surface area contributed by atoms with E-state index >= 15 is 0 Å². The van der Waals surface area contributed by atoms with E-state index in [9.17, 15) is 13.9 Å². The van der Waals surface area contributed by atoms with E-state index in [0.29, 0.717) is 6.61 Å². The van der Waals surface area contributed by atoms with Crippen molar-refractivity contribution in [3.63, 3.8) is 0 Å². The molecule has 1 fully saturated rings. The molecule has 0 unspecified atom stereocenters. The Balaban J connectivity index is 2.01. The smallest absolute Gasteiger partial charge is 0.137 e. The summed E-state index contributed by atoms with van der Waals surface area (Å²) in [5, 5.41) is 15.0. The molecule has 3 atom stereocenters. The van der Waals surface area contributed by atoms with Gasteiger partial charge in [0, 0.05) is 17.5 Å². The number of benzene rings is 1. The number of halogens is 2. The average Bonchev–Trinajstić information content (AvgIpc) is 3.16. The lowest BCUT2D eigenvalue weighted by atomic mass is 9.80. The van der Waals surface area contributed by atoms with Crippen molar-refractivity contribution in [2.75, 3.05) is 6.61 Å². The van der Waals surface area contributed by atoms with Gasteiger partial charge in [0.1, 0.15) is 29.9 Å². The number of nitrogens with zero attached hydrogens (tertiary/aromatic N) is 3. The third-order valence-electron chi connectivity index (χ3n) is 3.94. The fraction of sp³-hybridized carbons (Fsp3) is 0.429. The van der Waals surface area contributed by atoms with Crippen molar-refractivity contribution in [2.45, 2.75) is 25.2 Å². The number of hydrogen-bond acceptors (Lipinski definition) is 4. The lowest BCUT2D eigenvalue weighted by molar-refractivity contribution is -0.0479. The van der Waals surface area contributed by atoms with Crippen LogP contribution in [0.15, 0.2) is 30.9 Å². The standard InChI is InChI=1S/C14H15F2N3O2/c1-9(13-5-21-13)14(20,6-19-8-17-7-18-19)11-3-2-10(15)4-12(11)16/h2-4,7-9,13,20H,5-6H2,1H3/t9-,13+,14+/m0/s1. The molecule has 1 aromatic heterocycles. The molecule has 1 aliphatic rings. The SMILES string of the molecule is C[C@@H]([C@H]1CO1)[C@](O)(Cn1cncn1)c1ccc(F)cc1F. The van der Waals surface area contributed by atoms with Crippen molar-refractivity contribution in [1.82, 2.24) is 14.8 Å². The van der Waals surface area contributed by atoms with E-state index in [-0.39, 0.29) is 24.1 Å². The second-order valence-electron chi connectivity index (χ2n) is 5.30. The molecule has 112 valence electrons. The highest BCUT2D eigenvalue weighted by atomic mass is 19.1. The van der Waals surface area contributed by atoms with Crippen molar-refractivity contribution < 1.29 is 18.6 Å². The van der Waals surface area contributed by atoms with E-state index in [1.54, 1.807) is 6.92 Å². The van der Waals surface area contributed by atoms with Crippen LogP contribution in [0.2, 0.25) is 0 Å². The van der Waals surface area contributed by atoms with Gasteiger partial charge >= 0.3 is 0 Å². The fourth-order valence-corrected chi connectivity index (χ4v) is 2.53. The molecule has 0 radical (unpaired) electrons. The first-order chi connectivity index (χ1) is 10.0. The third-order valence-corrected chi connectivity index (χ3v) is 3.94. The Morgan fingerprint density at radius 1 is 1.52 bits per heavy atom. The summed E-state index contributed by atoms with van der Waals surface area (Å²) in [7, 11) is 0. The van der Waals surface area contributed by atoms with Gasteiger partial charge in [-0.25, -0.2) is 18.4 Å². The molecule has 1 aromatic carbocycles. The summed E-state index contributed by atoms with van der Waals surface area (Å²) >= 11 is 0. The van der Waals surface area contributed by atoms with Crippen LogP contribution >= 0.6 is 0 Å². The van der Waals surface area contributed by atoms with Crippen LogP contribution in [0.25, 0.3) is 0 Å². The zero-order valence-electron chi connectivity index (χ0n) is 11.4. The zero-order chi connectivity index (χ0) is 15.0. The molecule has 0 spiro atoms. The number of epoxide rings is 1. The zero-order valence-corrected chi connectivity index (χ0v) is 11.4. The predicted molar refractivity (Wildman–Crippen MR) is 69.2 cm³/mol. The number of aliphatic hydroxyl groups is 1. The van der Waals surface area contributed by atoms with Crippen LogP contribution in [0.1, 0.15) is 12.5 Å². The Hall–Kier alpha value is -1.86. The molecular weight excluding hydrogens is 280 g/mol. The summed E-state index contributed by atoms with van der Waals surface area (Å²) in [4.78, 5) is 3.81. The molecule has 2 heterocycles. The highest BCUT2D eigenvalue weighted by molar-refractivity contribution is 5.26. The Bertz CT molecular complexity index is 631. The Morgan fingerprint density at radius 3 is 2.86 bits per heavy atom. The van der Waals surface area contributed by atoms with Gasteiger partial charge in [-0.2, -0.15) is 5.10 Å². The van der Waals surface area contributed by atoms with E-state index in [4.69, 9.17) is 4.74 Å². The van der Waals surface area contributed by atoms with E-state index in [1.165, 1.54) is 23.4 Å². The average molecular weight is 295 g/mol. The fourth-order valence-electron chi connectivity index (χ4n) is 2.53.